The third-order valence-electron chi connectivity index (χ3n) is 7.46. The van der Waals surface area contributed by atoms with Crippen molar-refractivity contribution in [2.45, 2.75) is 77.9 Å². The molecule has 0 radical (unpaired) electrons. The van der Waals surface area contributed by atoms with Crippen LogP contribution in [-0.4, -0.2) is 65.7 Å². The smallest absolute Gasteiger partial charge is 0.252 e. The van der Waals surface area contributed by atoms with E-state index in [1.807, 2.05) is 88.4 Å². The van der Waals surface area contributed by atoms with E-state index in [9.17, 15) is 19.2 Å². The molecular weight excluding hydrogens is 582 g/mol. The van der Waals surface area contributed by atoms with E-state index < -0.39 is 29.9 Å². The second kappa shape index (κ2) is 19.8. The van der Waals surface area contributed by atoms with Gasteiger partial charge in [-0.25, -0.2) is 0 Å². The highest BCUT2D eigenvalue weighted by Gasteiger charge is 2.37. The van der Waals surface area contributed by atoms with Gasteiger partial charge in [-0.2, -0.15) is 0 Å². The van der Waals surface area contributed by atoms with Crippen LogP contribution >= 0.6 is 0 Å². The number of imide groups is 1. The van der Waals surface area contributed by atoms with Gasteiger partial charge in [-0.3, -0.25) is 29.5 Å². The average Bonchev–Trinajstić information content (AvgIpc) is 3.02. The van der Waals surface area contributed by atoms with Crippen LogP contribution in [0, 0.1) is 17.2 Å². The van der Waals surface area contributed by atoms with Crippen molar-refractivity contribution in [1.82, 2.24) is 20.9 Å². The van der Waals surface area contributed by atoms with Gasteiger partial charge >= 0.3 is 0 Å². The van der Waals surface area contributed by atoms with Crippen LogP contribution in [0.4, 0.5) is 0 Å². The van der Waals surface area contributed by atoms with Crippen molar-refractivity contribution in [1.29, 1.82) is 5.41 Å². The molecule has 0 saturated carbocycles. The number of carbonyl (C=O) groups is 4. The summed E-state index contributed by atoms with van der Waals surface area (Å²) in [6.45, 7) is 8.08. The lowest BCUT2D eigenvalue weighted by molar-refractivity contribution is -0.152. The van der Waals surface area contributed by atoms with Crippen LogP contribution in [0.2, 0.25) is 0 Å². The Balaban J connectivity index is 2.29. The summed E-state index contributed by atoms with van der Waals surface area (Å²) in [7, 11) is 0. The molecule has 0 heterocycles. The molecular formula is C35H51N7O4. The minimum atomic E-state index is -0.996. The maximum absolute atomic E-state index is 14.3. The van der Waals surface area contributed by atoms with Crippen molar-refractivity contribution in [3.8, 4) is 0 Å². The Labute approximate surface area is 273 Å². The molecule has 0 aliphatic carbocycles. The molecule has 250 valence electrons. The summed E-state index contributed by atoms with van der Waals surface area (Å²) < 4.78 is 0. The lowest BCUT2D eigenvalue weighted by Crippen LogP contribution is -2.59. The maximum Gasteiger partial charge on any atom is 0.252 e. The third-order valence-corrected chi connectivity index (χ3v) is 7.46. The van der Waals surface area contributed by atoms with Gasteiger partial charge in [0.25, 0.3) is 5.91 Å². The first-order chi connectivity index (χ1) is 21.9. The molecule has 2 aromatic rings. The number of rotatable bonds is 18. The summed E-state index contributed by atoms with van der Waals surface area (Å²) in [5.41, 5.74) is 13.3. The minimum Gasteiger partial charge on any atom is -0.370 e. The average molecular weight is 634 g/mol. The SMILES string of the molecule is CC(C)C[C@@H](NC(=O)[C@H](N)CCCNC(=N)N)C(=O)N(C(=O)CCc1ccccc1)[C@H](CNC(=O)/C=C/c1ccccc1)C(C)C. The monoisotopic (exact) mass is 633 g/mol. The summed E-state index contributed by atoms with van der Waals surface area (Å²) >= 11 is 0. The van der Waals surface area contributed by atoms with Gasteiger partial charge in [-0.1, -0.05) is 88.4 Å². The molecule has 0 fully saturated rings. The van der Waals surface area contributed by atoms with E-state index in [0.29, 0.717) is 32.2 Å². The van der Waals surface area contributed by atoms with Gasteiger partial charge in [-0.15, -0.1) is 0 Å². The number of nitrogens with one attached hydrogen (secondary N) is 4. The molecule has 2 rings (SSSR count). The molecule has 0 unspecified atom stereocenters. The van der Waals surface area contributed by atoms with E-state index >= 15 is 0 Å². The quantitative estimate of drug-likeness (QED) is 0.0631. The van der Waals surface area contributed by atoms with Gasteiger partial charge < -0.3 is 27.4 Å². The number of hydrogen-bond donors (Lipinski definition) is 6. The fourth-order valence-electron chi connectivity index (χ4n) is 4.93. The Morgan fingerprint density at radius 3 is 2.15 bits per heavy atom. The van der Waals surface area contributed by atoms with Crippen LogP contribution in [0.15, 0.2) is 66.7 Å². The van der Waals surface area contributed by atoms with Crippen molar-refractivity contribution in [2.75, 3.05) is 13.1 Å². The van der Waals surface area contributed by atoms with E-state index in [2.05, 4.69) is 16.0 Å². The van der Waals surface area contributed by atoms with E-state index in [4.69, 9.17) is 16.9 Å². The summed E-state index contributed by atoms with van der Waals surface area (Å²) in [6.07, 6.45) is 4.72. The standard InChI is InChI=1S/C35H51N7O4/c1-24(2)22-29(41-33(45)28(36)16-11-21-39-35(37)38)34(46)42(32(44)20-18-27-14-9-6-10-15-27)30(25(3)4)23-40-31(43)19-17-26-12-7-5-8-13-26/h5-10,12-15,17,19,24-25,28-30H,11,16,18,20-23,36H2,1-4H3,(H,40,43)(H,41,45)(H4,37,38,39)/b19-17+/t28-,29-,30-/m1/s1. The molecule has 0 saturated heterocycles. The molecule has 0 bridgehead atoms. The Morgan fingerprint density at radius 2 is 1.57 bits per heavy atom. The Morgan fingerprint density at radius 1 is 0.935 bits per heavy atom. The number of carbonyl (C=O) groups excluding carboxylic acids is 4. The highest BCUT2D eigenvalue weighted by molar-refractivity contribution is 6.00. The molecule has 0 aliphatic heterocycles. The Kier molecular flexibility index (Phi) is 16.2. The number of benzene rings is 2. The second-order valence-electron chi connectivity index (χ2n) is 12.2. The Bertz CT molecular complexity index is 1300. The van der Waals surface area contributed by atoms with Crippen LogP contribution in [-0.2, 0) is 25.6 Å². The highest BCUT2D eigenvalue weighted by Crippen LogP contribution is 2.18. The van der Waals surface area contributed by atoms with E-state index in [-0.39, 0.29) is 42.6 Å². The first-order valence-electron chi connectivity index (χ1n) is 15.9. The molecule has 3 atom stereocenters. The molecule has 4 amide bonds. The summed E-state index contributed by atoms with van der Waals surface area (Å²) in [5.74, 6) is -2.11. The number of hydrogen-bond acceptors (Lipinski definition) is 6. The van der Waals surface area contributed by atoms with Gasteiger partial charge in [0.1, 0.15) is 6.04 Å². The second-order valence-corrected chi connectivity index (χ2v) is 12.2. The third kappa shape index (κ3) is 13.6. The fourth-order valence-corrected chi connectivity index (χ4v) is 4.93. The first kappa shape index (κ1) is 37.7. The van der Waals surface area contributed by atoms with Gasteiger partial charge in [0.05, 0.1) is 12.1 Å². The Hall–Kier alpha value is -4.51. The zero-order valence-electron chi connectivity index (χ0n) is 27.5. The fraction of sp³-hybridized carbons (Fsp3) is 0.457. The molecule has 46 heavy (non-hydrogen) atoms. The summed E-state index contributed by atoms with van der Waals surface area (Å²) in [4.78, 5) is 55.4. The van der Waals surface area contributed by atoms with Crippen molar-refractivity contribution in [3.05, 3.63) is 77.9 Å². The van der Waals surface area contributed by atoms with E-state index in [1.54, 1.807) is 6.08 Å². The predicted octanol–water partition coefficient (Wildman–Crippen LogP) is 2.95. The van der Waals surface area contributed by atoms with Crippen molar-refractivity contribution >= 4 is 35.7 Å². The predicted molar refractivity (Wildman–Crippen MR) is 182 cm³/mol. The van der Waals surface area contributed by atoms with Gasteiger partial charge in [0, 0.05) is 25.6 Å². The molecule has 8 N–H and O–H groups in total. The normalized spacial score (nSPS) is 13.2. The summed E-state index contributed by atoms with van der Waals surface area (Å²) in [5, 5.41) is 15.6. The van der Waals surface area contributed by atoms with E-state index in [0.717, 1.165) is 11.1 Å². The van der Waals surface area contributed by atoms with E-state index in [1.165, 1.54) is 11.0 Å². The number of amides is 4. The highest BCUT2D eigenvalue weighted by atomic mass is 16.2. The van der Waals surface area contributed by atoms with Crippen molar-refractivity contribution in [2.24, 2.45) is 23.3 Å². The number of nitrogens with zero attached hydrogens (tertiary/aromatic N) is 1. The van der Waals surface area contributed by atoms with Crippen LogP contribution in [0.5, 0.6) is 0 Å². The molecule has 11 nitrogen and oxygen atoms in total. The largest absolute Gasteiger partial charge is 0.370 e. The zero-order valence-corrected chi connectivity index (χ0v) is 27.5. The number of aryl methyl sites for hydroxylation is 1. The molecule has 0 spiro atoms. The minimum absolute atomic E-state index is 0.0202. The molecule has 0 aliphatic rings. The lowest BCUT2D eigenvalue weighted by Gasteiger charge is -2.36. The van der Waals surface area contributed by atoms with Crippen molar-refractivity contribution in [3.63, 3.8) is 0 Å². The van der Waals surface area contributed by atoms with Crippen LogP contribution in [0.1, 0.15) is 64.5 Å². The van der Waals surface area contributed by atoms with Crippen molar-refractivity contribution < 1.29 is 19.2 Å². The molecule has 0 aromatic heterocycles. The number of nitrogens with two attached hydrogens (primary N) is 2. The molecule has 2 aromatic carbocycles. The zero-order chi connectivity index (χ0) is 34.1. The van der Waals surface area contributed by atoms with Crippen LogP contribution in [0.3, 0.4) is 0 Å². The lowest BCUT2D eigenvalue weighted by atomic mass is 9.96. The van der Waals surface area contributed by atoms with Gasteiger partial charge in [0.2, 0.25) is 17.7 Å². The first-order valence-corrected chi connectivity index (χ1v) is 15.9. The molecule has 11 heteroatoms. The number of guanidine groups is 1. The van der Waals surface area contributed by atoms with Crippen LogP contribution in [0.25, 0.3) is 6.08 Å². The van der Waals surface area contributed by atoms with Crippen LogP contribution < -0.4 is 27.4 Å². The van der Waals surface area contributed by atoms with Gasteiger partial charge in [0.15, 0.2) is 5.96 Å². The summed E-state index contributed by atoms with van der Waals surface area (Å²) in [6, 6.07) is 16.4. The maximum atomic E-state index is 14.3. The van der Waals surface area contributed by atoms with Gasteiger partial charge in [-0.05, 0) is 54.7 Å². The topological polar surface area (TPSA) is 184 Å².